The quantitative estimate of drug-likeness (QED) is 0.888. The zero-order valence-corrected chi connectivity index (χ0v) is 10.9. The Bertz CT molecular complexity index is 388. The van der Waals surface area contributed by atoms with Gasteiger partial charge in [0, 0.05) is 18.5 Å². The summed E-state index contributed by atoms with van der Waals surface area (Å²) in [6.45, 7) is 3.93. The fourth-order valence-corrected chi connectivity index (χ4v) is 2.53. The van der Waals surface area contributed by atoms with Gasteiger partial charge in [0.15, 0.2) is 0 Å². The van der Waals surface area contributed by atoms with Gasteiger partial charge < -0.3 is 15.0 Å². The van der Waals surface area contributed by atoms with Crippen molar-refractivity contribution in [1.29, 1.82) is 0 Å². The Labute approximate surface area is 105 Å². The molecule has 6 heteroatoms. The normalized spacial score (nSPS) is 19.3. The van der Waals surface area contributed by atoms with Gasteiger partial charge in [-0.15, -0.1) is 11.3 Å². The summed E-state index contributed by atoms with van der Waals surface area (Å²) >= 11 is 1.58. The molecule has 1 saturated heterocycles. The van der Waals surface area contributed by atoms with E-state index in [0.717, 1.165) is 23.6 Å². The van der Waals surface area contributed by atoms with Crippen LogP contribution in [0.5, 0.6) is 0 Å². The average Bonchev–Trinajstić information content (AvgIpc) is 2.91. The smallest absolute Gasteiger partial charge is 0.317 e. The van der Waals surface area contributed by atoms with E-state index in [0.29, 0.717) is 13.2 Å². The molecule has 1 aromatic heterocycles. The number of carbonyl (C=O) groups excluding carboxylic acids is 1. The molecule has 1 unspecified atom stereocenters. The van der Waals surface area contributed by atoms with E-state index in [2.05, 4.69) is 10.3 Å². The Balaban J connectivity index is 1.84. The van der Waals surface area contributed by atoms with Crippen LogP contribution >= 0.6 is 11.3 Å². The van der Waals surface area contributed by atoms with Crippen LogP contribution in [0.2, 0.25) is 0 Å². The fraction of sp³-hybridized carbons (Fsp3) is 0.636. The molecule has 94 valence electrons. The lowest BCUT2D eigenvalue weighted by Gasteiger charge is -2.19. The summed E-state index contributed by atoms with van der Waals surface area (Å²) in [6, 6.07) is 0.112. The van der Waals surface area contributed by atoms with Crippen LogP contribution in [0.4, 0.5) is 4.79 Å². The van der Waals surface area contributed by atoms with Crippen LogP contribution in [0.25, 0.3) is 0 Å². The van der Waals surface area contributed by atoms with Crippen molar-refractivity contribution in [2.45, 2.75) is 25.9 Å². The summed E-state index contributed by atoms with van der Waals surface area (Å²) in [4.78, 5) is 18.9. The lowest BCUT2D eigenvalue weighted by molar-refractivity contribution is 0.181. The summed E-state index contributed by atoms with van der Waals surface area (Å²) in [6.07, 6.45) is 0.902. The summed E-state index contributed by atoms with van der Waals surface area (Å²) in [5.74, 6) is 0. The molecule has 0 aliphatic carbocycles. The van der Waals surface area contributed by atoms with Crippen molar-refractivity contribution < 1.29 is 9.53 Å². The average molecular weight is 255 g/mol. The van der Waals surface area contributed by atoms with Gasteiger partial charge in [0.25, 0.3) is 0 Å². The predicted molar refractivity (Wildman–Crippen MR) is 66.1 cm³/mol. The van der Waals surface area contributed by atoms with Crippen molar-refractivity contribution in [2.75, 3.05) is 20.3 Å². The van der Waals surface area contributed by atoms with Crippen LogP contribution in [0.3, 0.4) is 0 Å². The minimum absolute atomic E-state index is 0.0479. The highest BCUT2D eigenvalue weighted by Gasteiger charge is 2.20. The number of hydrogen-bond donors (Lipinski definition) is 1. The zero-order valence-electron chi connectivity index (χ0n) is 10.1. The van der Waals surface area contributed by atoms with Crippen LogP contribution in [-0.4, -0.2) is 42.2 Å². The van der Waals surface area contributed by atoms with Gasteiger partial charge in [-0.3, -0.25) is 0 Å². The minimum Gasteiger partial charge on any atom is -0.379 e. The molecule has 0 radical (unpaired) electrons. The fourth-order valence-electron chi connectivity index (χ4n) is 1.70. The van der Waals surface area contributed by atoms with Crippen molar-refractivity contribution in [3.05, 3.63) is 16.1 Å². The lowest BCUT2D eigenvalue weighted by atomic mass is 10.3. The first-order valence-corrected chi connectivity index (χ1v) is 6.53. The Morgan fingerprint density at radius 1 is 1.76 bits per heavy atom. The van der Waals surface area contributed by atoms with Crippen molar-refractivity contribution in [3.63, 3.8) is 0 Å². The molecule has 1 aromatic rings. The van der Waals surface area contributed by atoms with Crippen LogP contribution in [0, 0.1) is 6.92 Å². The van der Waals surface area contributed by atoms with Gasteiger partial charge in [0.05, 0.1) is 30.4 Å². The number of amides is 2. The SMILES string of the molecule is Cc1ncsc1CN(C)C(=O)NC1CCOC1. The Morgan fingerprint density at radius 2 is 2.59 bits per heavy atom. The van der Waals surface area contributed by atoms with Crippen LogP contribution in [0.1, 0.15) is 17.0 Å². The highest BCUT2D eigenvalue weighted by atomic mass is 32.1. The Morgan fingerprint density at radius 3 is 3.18 bits per heavy atom. The number of carbonyl (C=O) groups is 1. The Kier molecular flexibility index (Phi) is 3.96. The second-order valence-corrected chi connectivity index (χ2v) is 5.17. The molecular formula is C11H17N3O2S. The van der Waals surface area contributed by atoms with Gasteiger partial charge >= 0.3 is 6.03 Å². The van der Waals surface area contributed by atoms with Crippen molar-refractivity contribution in [1.82, 2.24) is 15.2 Å². The third-order valence-corrected chi connectivity index (χ3v) is 3.75. The standard InChI is InChI=1S/C11H17N3O2S/c1-8-10(17-7-12-8)5-14(2)11(15)13-9-3-4-16-6-9/h7,9H,3-6H2,1-2H3,(H,13,15). The maximum Gasteiger partial charge on any atom is 0.317 e. The molecule has 0 spiro atoms. The van der Waals surface area contributed by atoms with Crippen LogP contribution in [0.15, 0.2) is 5.51 Å². The number of urea groups is 1. The first-order chi connectivity index (χ1) is 8.16. The van der Waals surface area contributed by atoms with E-state index >= 15 is 0 Å². The molecular weight excluding hydrogens is 238 g/mol. The second kappa shape index (κ2) is 5.46. The molecule has 0 aromatic carbocycles. The summed E-state index contributed by atoms with van der Waals surface area (Å²) < 4.78 is 5.22. The highest BCUT2D eigenvalue weighted by Crippen LogP contribution is 2.14. The van der Waals surface area contributed by atoms with E-state index in [-0.39, 0.29) is 12.1 Å². The molecule has 1 atom stereocenters. The number of nitrogens with one attached hydrogen (secondary N) is 1. The topological polar surface area (TPSA) is 54.5 Å². The van der Waals surface area contributed by atoms with E-state index < -0.39 is 0 Å². The second-order valence-electron chi connectivity index (χ2n) is 4.23. The third-order valence-electron chi connectivity index (χ3n) is 2.83. The molecule has 5 nitrogen and oxygen atoms in total. The maximum atomic E-state index is 11.9. The summed E-state index contributed by atoms with van der Waals surface area (Å²) in [7, 11) is 1.80. The van der Waals surface area contributed by atoms with E-state index in [1.54, 1.807) is 28.8 Å². The zero-order chi connectivity index (χ0) is 12.3. The molecule has 0 saturated carbocycles. The number of aromatic nitrogens is 1. The largest absolute Gasteiger partial charge is 0.379 e. The van der Waals surface area contributed by atoms with Crippen molar-refractivity contribution in [2.24, 2.45) is 0 Å². The van der Waals surface area contributed by atoms with Crippen molar-refractivity contribution >= 4 is 17.4 Å². The van der Waals surface area contributed by atoms with Gasteiger partial charge in [-0.2, -0.15) is 0 Å². The van der Waals surface area contributed by atoms with Gasteiger partial charge in [0.1, 0.15) is 0 Å². The molecule has 17 heavy (non-hydrogen) atoms. The molecule has 1 aliphatic rings. The summed E-state index contributed by atoms with van der Waals surface area (Å²) in [5, 5.41) is 2.96. The first kappa shape index (κ1) is 12.3. The van der Waals surface area contributed by atoms with Crippen LogP contribution in [-0.2, 0) is 11.3 Å². The number of hydrogen-bond acceptors (Lipinski definition) is 4. The highest BCUT2D eigenvalue weighted by molar-refractivity contribution is 7.09. The molecule has 1 fully saturated rings. The van der Waals surface area contributed by atoms with Gasteiger partial charge in [-0.25, -0.2) is 9.78 Å². The monoisotopic (exact) mass is 255 g/mol. The number of ether oxygens (including phenoxy) is 1. The third kappa shape index (κ3) is 3.17. The Hall–Kier alpha value is -1.14. The molecule has 0 bridgehead atoms. The molecule has 2 heterocycles. The molecule has 2 amide bonds. The summed E-state index contributed by atoms with van der Waals surface area (Å²) in [5.41, 5.74) is 2.81. The van der Waals surface area contributed by atoms with E-state index in [9.17, 15) is 4.79 Å². The molecule has 2 rings (SSSR count). The van der Waals surface area contributed by atoms with Gasteiger partial charge in [0.2, 0.25) is 0 Å². The molecule has 1 N–H and O–H groups in total. The number of thiazole rings is 1. The first-order valence-electron chi connectivity index (χ1n) is 5.65. The number of nitrogens with zero attached hydrogens (tertiary/aromatic N) is 2. The van der Waals surface area contributed by atoms with E-state index in [1.165, 1.54) is 0 Å². The van der Waals surface area contributed by atoms with E-state index in [1.807, 2.05) is 6.92 Å². The van der Waals surface area contributed by atoms with Crippen molar-refractivity contribution in [3.8, 4) is 0 Å². The number of aryl methyl sites for hydroxylation is 1. The van der Waals surface area contributed by atoms with Gasteiger partial charge in [-0.1, -0.05) is 0 Å². The predicted octanol–water partition coefficient (Wildman–Crippen LogP) is 1.38. The minimum atomic E-state index is -0.0479. The van der Waals surface area contributed by atoms with E-state index in [4.69, 9.17) is 4.74 Å². The van der Waals surface area contributed by atoms with Crippen LogP contribution < -0.4 is 5.32 Å². The lowest BCUT2D eigenvalue weighted by Crippen LogP contribution is -2.42. The maximum absolute atomic E-state index is 11.9. The number of rotatable bonds is 3. The molecule has 1 aliphatic heterocycles. The van der Waals surface area contributed by atoms with Gasteiger partial charge in [-0.05, 0) is 13.3 Å².